The molecule has 0 radical (unpaired) electrons. The summed E-state index contributed by atoms with van der Waals surface area (Å²) in [6.07, 6.45) is 3.47. The summed E-state index contributed by atoms with van der Waals surface area (Å²) in [5, 5.41) is 3.31. The van der Waals surface area contributed by atoms with Crippen molar-refractivity contribution >= 4 is 32.5 Å². The molecule has 1 N–H and O–H groups in total. The smallest absolute Gasteiger partial charge is 0.140 e. The Hall–Kier alpha value is -0.420. The number of nitrogens with one attached hydrogen (secondary N) is 1. The maximum atomic E-state index is 11.2. The van der Waals surface area contributed by atoms with Crippen LogP contribution in [0.2, 0.25) is 0 Å². The summed E-state index contributed by atoms with van der Waals surface area (Å²) in [5.74, 6) is 0.812. The molecule has 1 heterocycles. The van der Waals surface area contributed by atoms with Crippen LogP contribution >= 0.6 is 15.9 Å². The fourth-order valence-electron chi connectivity index (χ4n) is 1.02. The lowest BCUT2D eigenvalue weighted by molar-refractivity contribution is 0.678. The molecule has 15 heavy (non-hydrogen) atoms. The Morgan fingerprint density at radius 1 is 1.67 bits per heavy atom. The van der Waals surface area contributed by atoms with Crippen molar-refractivity contribution in [1.82, 2.24) is 4.98 Å². The van der Waals surface area contributed by atoms with Gasteiger partial charge in [0.1, 0.15) is 5.82 Å². The molecule has 0 amide bonds. The molecule has 0 aliphatic heterocycles. The van der Waals surface area contributed by atoms with Crippen molar-refractivity contribution in [3.63, 3.8) is 0 Å². The van der Waals surface area contributed by atoms with Crippen molar-refractivity contribution in [2.45, 2.75) is 19.1 Å². The van der Waals surface area contributed by atoms with Crippen molar-refractivity contribution in [2.24, 2.45) is 0 Å². The van der Waals surface area contributed by atoms with Gasteiger partial charge in [-0.25, -0.2) is 4.98 Å². The molecule has 0 saturated carbocycles. The molecule has 1 rings (SSSR count). The van der Waals surface area contributed by atoms with Gasteiger partial charge in [-0.2, -0.15) is 0 Å². The average molecular weight is 291 g/mol. The van der Waals surface area contributed by atoms with E-state index in [0.29, 0.717) is 6.54 Å². The molecule has 0 spiro atoms. The number of nitrogens with zero attached hydrogens (tertiary/aromatic N) is 1. The molecule has 3 nitrogen and oxygen atoms in total. The standard InChI is InChI=1S/C10H15BrN2OS/c1-7-4-5-12-10(9(7)11)13-6-8(2)15(3)14/h4-5,8H,6H2,1-3H3,(H,12,13). The van der Waals surface area contributed by atoms with Gasteiger partial charge in [0.2, 0.25) is 0 Å². The first kappa shape index (κ1) is 12.6. The van der Waals surface area contributed by atoms with E-state index in [-0.39, 0.29) is 5.25 Å². The largest absolute Gasteiger partial charge is 0.368 e. The van der Waals surface area contributed by atoms with Gasteiger partial charge in [-0.3, -0.25) is 4.21 Å². The molecule has 0 fully saturated rings. The molecule has 2 unspecified atom stereocenters. The Bertz CT molecular complexity index is 370. The first-order chi connectivity index (χ1) is 7.02. The molecule has 1 aromatic rings. The van der Waals surface area contributed by atoms with Gasteiger partial charge >= 0.3 is 0 Å². The Labute approximate surface area is 101 Å². The monoisotopic (exact) mass is 290 g/mol. The second-order valence-electron chi connectivity index (χ2n) is 3.48. The van der Waals surface area contributed by atoms with Gasteiger partial charge in [-0.1, -0.05) is 0 Å². The average Bonchev–Trinajstić information content (AvgIpc) is 2.19. The van der Waals surface area contributed by atoms with Gasteiger partial charge in [0, 0.05) is 35.0 Å². The van der Waals surface area contributed by atoms with Crippen LogP contribution in [0.1, 0.15) is 12.5 Å². The number of hydrogen-bond donors (Lipinski definition) is 1. The van der Waals surface area contributed by atoms with Crippen molar-refractivity contribution < 1.29 is 4.21 Å². The van der Waals surface area contributed by atoms with E-state index in [1.165, 1.54) is 0 Å². The minimum atomic E-state index is -0.802. The quantitative estimate of drug-likeness (QED) is 0.925. The summed E-state index contributed by atoms with van der Waals surface area (Å²) in [5.41, 5.74) is 1.14. The van der Waals surface area contributed by atoms with E-state index in [0.717, 1.165) is 15.9 Å². The zero-order chi connectivity index (χ0) is 11.4. The normalized spacial score (nSPS) is 14.7. The van der Waals surface area contributed by atoms with Crippen LogP contribution in [0.5, 0.6) is 0 Å². The van der Waals surface area contributed by atoms with E-state index < -0.39 is 10.8 Å². The second kappa shape index (κ2) is 5.61. The van der Waals surface area contributed by atoms with Crippen LogP contribution in [0, 0.1) is 6.92 Å². The predicted molar refractivity (Wildman–Crippen MR) is 68.7 cm³/mol. The summed E-state index contributed by atoms with van der Waals surface area (Å²) in [6, 6.07) is 1.94. The lowest BCUT2D eigenvalue weighted by Crippen LogP contribution is -2.21. The van der Waals surface area contributed by atoms with Crippen molar-refractivity contribution in [1.29, 1.82) is 0 Å². The van der Waals surface area contributed by atoms with Crippen LogP contribution in [0.4, 0.5) is 5.82 Å². The summed E-state index contributed by atoms with van der Waals surface area (Å²) < 4.78 is 12.1. The highest BCUT2D eigenvalue weighted by Gasteiger charge is 2.08. The SMILES string of the molecule is Cc1ccnc(NCC(C)S(C)=O)c1Br. The van der Waals surface area contributed by atoms with E-state index in [1.807, 2.05) is 19.9 Å². The lowest BCUT2D eigenvalue weighted by Gasteiger charge is -2.12. The van der Waals surface area contributed by atoms with Crippen LogP contribution in [-0.2, 0) is 10.8 Å². The Kier molecular flexibility index (Phi) is 4.73. The molecule has 0 aromatic carbocycles. The predicted octanol–water partition coefficient (Wildman–Crippen LogP) is 2.33. The van der Waals surface area contributed by atoms with Gasteiger partial charge in [0.05, 0.1) is 4.47 Å². The molecular weight excluding hydrogens is 276 g/mol. The molecule has 1 aromatic heterocycles. The molecule has 84 valence electrons. The summed E-state index contributed by atoms with van der Waals surface area (Å²) in [7, 11) is -0.802. The first-order valence-electron chi connectivity index (χ1n) is 4.69. The van der Waals surface area contributed by atoms with Gasteiger partial charge in [-0.15, -0.1) is 0 Å². The third-order valence-electron chi connectivity index (χ3n) is 2.21. The van der Waals surface area contributed by atoms with Crippen LogP contribution in [0.15, 0.2) is 16.7 Å². The Morgan fingerprint density at radius 2 is 2.33 bits per heavy atom. The highest BCUT2D eigenvalue weighted by atomic mass is 79.9. The number of hydrogen-bond acceptors (Lipinski definition) is 3. The maximum Gasteiger partial charge on any atom is 0.140 e. The lowest BCUT2D eigenvalue weighted by atomic mass is 10.3. The Balaban J connectivity index is 2.66. The molecule has 0 saturated heterocycles. The minimum absolute atomic E-state index is 0.124. The minimum Gasteiger partial charge on any atom is -0.368 e. The molecule has 5 heteroatoms. The fraction of sp³-hybridized carbons (Fsp3) is 0.500. The third kappa shape index (κ3) is 3.57. The number of rotatable bonds is 4. The molecule has 2 atom stereocenters. The van der Waals surface area contributed by atoms with Crippen molar-refractivity contribution in [3.05, 3.63) is 22.3 Å². The van der Waals surface area contributed by atoms with Gasteiger partial charge in [-0.05, 0) is 41.4 Å². The van der Waals surface area contributed by atoms with Crippen LogP contribution in [0.3, 0.4) is 0 Å². The zero-order valence-corrected chi connectivity index (χ0v) is 11.5. The second-order valence-corrected chi connectivity index (χ2v) is 6.08. The maximum absolute atomic E-state index is 11.2. The van der Waals surface area contributed by atoms with Gasteiger partial charge in [0.15, 0.2) is 0 Å². The molecule has 0 aliphatic rings. The number of aromatic nitrogens is 1. The zero-order valence-electron chi connectivity index (χ0n) is 9.08. The summed E-state index contributed by atoms with van der Waals surface area (Å²) in [4.78, 5) is 4.21. The highest BCUT2D eigenvalue weighted by molar-refractivity contribution is 9.10. The fourth-order valence-corrected chi connectivity index (χ4v) is 1.71. The summed E-state index contributed by atoms with van der Waals surface area (Å²) in [6.45, 7) is 4.63. The van der Waals surface area contributed by atoms with Crippen molar-refractivity contribution in [2.75, 3.05) is 18.1 Å². The Morgan fingerprint density at radius 3 is 2.93 bits per heavy atom. The van der Waals surface area contributed by atoms with E-state index in [2.05, 4.69) is 26.2 Å². The molecular formula is C10H15BrN2OS. The topological polar surface area (TPSA) is 42.0 Å². The van der Waals surface area contributed by atoms with Crippen LogP contribution in [-0.4, -0.2) is 27.2 Å². The van der Waals surface area contributed by atoms with Gasteiger partial charge in [0.25, 0.3) is 0 Å². The number of anilines is 1. The van der Waals surface area contributed by atoms with Crippen molar-refractivity contribution in [3.8, 4) is 0 Å². The summed E-state index contributed by atoms with van der Waals surface area (Å²) >= 11 is 3.47. The molecule has 0 bridgehead atoms. The number of aryl methyl sites for hydroxylation is 1. The van der Waals surface area contributed by atoms with E-state index >= 15 is 0 Å². The van der Waals surface area contributed by atoms with Crippen LogP contribution < -0.4 is 5.32 Å². The third-order valence-corrected chi connectivity index (χ3v) is 4.51. The first-order valence-corrected chi connectivity index (χ1v) is 7.11. The number of pyridine rings is 1. The molecule has 0 aliphatic carbocycles. The number of halogens is 1. The van der Waals surface area contributed by atoms with E-state index in [9.17, 15) is 4.21 Å². The highest BCUT2D eigenvalue weighted by Crippen LogP contribution is 2.23. The van der Waals surface area contributed by atoms with E-state index in [4.69, 9.17) is 0 Å². The van der Waals surface area contributed by atoms with E-state index in [1.54, 1.807) is 12.5 Å². The van der Waals surface area contributed by atoms with Gasteiger partial charge < -0.3 is 5.32 Å². The van der Waals surface area contributed by atoms with Crippen LogP contribution in [0.25, 0.3) is 0 Å².